The largest absolute Gasteiger partial charge is 0.336 e. The molecule has 0 aliphatic carbocycles. The molecule has 1 fully saturated rings. The van der Waals surface area contributed by atoms with Gasteiger partial charge in [0.05, 0.1) is 10.7 Å². The second-order valence-corrected chi connectivity index (χ2v) is 6.87. The van der Waals surface area contributed by atoms with E-state index in [1.165, 1.54) is 12.8 Å². The van der Waals surface area contributed by atoms with Crippen molar-refractivity contribution < 1.29 is 4.79 Å². The van der Waals surface area contributed by atoms with Gasteiger partial charge in [0.15, 0.2) is 0 Å². The van der Waals surface area contributed by atoms with Gasteiger partial charge in [-0.2, -0.15) is 0 Å². The summed E-state index contributed by atoms with van der Waals surface area (Å²) in [6, 6.07) is 5.05. The van der Waals surface area contributed by atoms with Crippen LogP contribution in [0.25, 0.3) is 0 Å². The van der Waals surface area contributed by atoms with Crippen molar-refractivity contribution in [1.82, 2.24) is 10.2 Å². The van der Waals surface area contributed by atoms with Gasteiger partial charge in [0.25, 0.3) is 0 Å². The lowest BCUT2D eigenvalue weighted by Gasteiger charge is -2.35. The van der Waals surface area contributed by atoms with Crippen molar-refractivity contribution in [2.75, 3.05) is 25.0 Å². The predicted molar refractivity (Wildman–Crippen MR) is 92.9 cm³/mol. The van der Waals surface area contributed by atoms with E-state index in [0.717, 1.165) is 19.0 Å². The summed E-state index contributed by atoms with van der Waals surface area (Å²) in [5.41, 5.74) is 0.520. The lowest BCUT2D eigenvalue weighted by atomic mass is 9.98. The first-order valence-corrected chi connectivity index (χ1v) is 8.45. The number of anilines is 1. The lowest BCUT2D eigenvalue weighted by Crippen LogP contribution is -2.46. The zero-order valence-corrected chi connectivity index (χ0v) is 14.5. The van der Waals surface area contributed by atoms with E-state index in [2.05, 4.69) is 29.4 Å². The molecule has 1 saturated heterocycles. The summed E-state index contributed by atoms with van der Waals surface area (Å²) in [4.78, 5) is 14.4. The van der Waals surface area contributed by atoms with Gasteiger partial charge in [0.1, 0.15) is 0 Å². The fourth-order valence-corrected chi connectivity index (χ4v) is 2.94. The Balaban J connectivity index is 1.78. The molecule has 1 aromatic carbocycles. The summed E-state index contributed by atoms with van der Waals surface area (Å²) in [5.74, 6) is 0.810. The van der Waals surface area contributed by atoms with Crippen molar-refractivity contribution >= 4 is 34.9 Å². The normalized spacial score (nSPS) is 18.0. The van der Waals surface area contributed by atoms with Crippen LogP contribution in [0.4, 0.5) is 10.5 Å². The second kappa shape index (κ2) is 8.04. The van der Waals surface area contributed by atoms with Crippen LogP contribution in [-0.4, -0.2) is 36.6 Å². The van der Waals surface area contributed by atoms with Crippen LogP contribution in [0.1, 0.15) is 26.7 Å². The van der Waals surface area contributed by atoms with Gasteiger partial charge in [-0.3, -0.25) is 4.90 Å². The molecule has 1 heterocycles. The van der Waals surface area contributed by atoms with Gasteiger partial charge in [-0.1, -0.05) is 30.1 Å². The lowest BCUT2D eigenvalue weighted by molar-refractivity contribution is 0.146. The van der Waals surface area contributed by atoms with Crippen molar-refractivity contribution in [3.63, 3.8) is 0 Å². The van der Waals surface area contributed by atoms with Gasteiger partial charge in [-0.15, -0.1) is 0 Å². The molecule has 1 aliphatic heterocycles. The highest BCUT2D eigenvalue weighted by molar-refractivity contribution is 6.35. The van der Waals surface area contributed by atoms with Gasteiger partial charge in [0, 0.05) is 17.6 Å². The van der Waals surface area contributed by atoms with Crippen molar-refractivity contribution in [2.45, 2.75) is 32.7 Å². The minimum Gasteiger partial charge on any atom is -0.336 e. The van der Waals surface area contributed by atoms with Gasteiger partial charge in [-0.05, 0) is 57.0 Å². The van der Waals surface area contributed by atoms with E-state index in [4.69, 9.17) is 23.2 Å². The fourth-order valence-electron chi connectivity index (χ4n) is 2.60. The van der Waals surface area contributed by atoms with Crippen molar-refractivity contribution in [3.05, 3.63) is 28.2 Å². The van der Waals surface area contributed by atoms with E-state index < -0.39 is 0 Å². The number of nitrogens with zero attached hydrogens (tertiary/aromatic N) is 1. The zero-order chi connectivity index (χ0) is 16.1. The first-order chi connectivity index (χ1) is 10.5. The molecule has 0 bridgehead atoms. The minimum atomic E-state index is -0.263. The Hall–Kier alpha value is -0.970. The number of rotatable bonds is 4. The third kappa shape index (κ3) is 5.04. The number of nitrogens with one attached hydrogen (secondary N) is 2. The van der Waals surface area contributed by atoms with Crippen LogP contribution < -0.4 is 10.6 Å². The number of piperidine rings is 1. The van der Waals surface area contributed by atoms with Gasteiger partial charge < -0.3 is 10.6 Å². The predicted octanol–water partition coefficient (Wildman–Crippen LogP) is 4.24. The number of amides is 2. The molecule has 1 aliphatic rings. The zero-order valence-electron chi connectivity index (χ0n) is 13.0. The highest BCUT2D eigenvalue weighted by atomic mass is 35.5. The second-order valence-electron chi connectivity index (χ2n) is 6.03. The molecule has 0 unspecified atom stereocenters. The average molecular weight is 344 g/mol. The summed E-state index contributed by atoms with van der Waals surface area (Å²) in [7, 11) is 0. The standard InChI is InChI=1S/C16H23Cl2N3O/c1-11-5-7-21(8-6-11)12(2)10-19-16(22)20-15-9-13(17)3-4-14(15)18/h3-4,9,11-12H,5-8,10H2,1-2H3,(H2,19,20,22)/t12-/m0/s1. The summed E-state index contributed by atoms with van der Waals surface area (Å²) < 4.78 is 0. The molecular formula is C16H23Cl2N3O. The van der Waals surface area contributed by atoms with E-state index in [-0.39, 0.29) is 6.03 Å². The third-order valence-electron chi connectivity index (χ3n) is 4.18. The van der Waals surface area contributed by atoms with E-state index in [0.29, 0.717) is 28.3 Å². The number of hydrogen-bond acceptors (Lipinski definition) is 2. The van der Waals surface area contributed by atoms with E-state index >= 15 is 0 Å². The third-order valence-corrected chi connectivity index (χ3v) is 4.74. The number of carbonyl (C=O) groups is 1. The number of carbonyl (C=O) groups excluding carboxylic acids is 1. The Morgan fingerprint density at radius 2 is 2.05 bits per heavy atom. The van der Waals surface area contributed by atoms with Crippen LogP contribution >= 0.6 is 23.2 Å². The fraction of sp³-hybridized carbons (Fsp3) is 0.562. The smallest absolute Gasteiger partial charge is 0.319 e. The summed E-state index contributed by atoms with van der Waals surface area (Å²) in [6.07, 6.45) is 2.46. The first-order valence-electron chi connectivity index (χ1n) is 7.69. The van der Waals surface area contributed by atoms with Gasteiger partial charge in [0.2, 0.25) is 0 Å². The molecule has 2 N–H and O–H groups in total. The Kier molecular flexibility index (Phi) is 6.36. The SMILES string of the molecule is CC1CCN([C@@H](C)CNC(=O)Nc2cc(Cl)ccc2Cl)CC1. The first kappa shape index (κ1) is 17.4. The van der Waals surface area contributed by atoms with Crippen LogP contribution in [-0.2, 0) is 0 Å². The highest BCUT2D eigenvalue weighted by Gasteiger charge is 2.20. The quantitative estimate of drug-likeness (QED) is 0.858. The number of likely N-dealkylation sites (tertiary alicyclic amines) is 1. The minimum absolute atomic E-state index is 0.263. The van der Waals surface area contributed by atoms with Crippen LogP contribution in [0, 0.1) is 5.92 Å². The molecule has 22 heavy (non-hydrogen) atoms. The summed E-state index contributed by atoms with van der Waals surface area (Å²) in [5, 5.41) is 6.63. The van der Waals surface area contributed by atoms with Crippen molar-refractivity contribution in [1.29, 1.82) is 0 Å². The molecular weight excluding hydrogens is 321 g/mol. The van der Waals surface area contributed by atoms with E-state index in [1.54, 1.807) is 18.2 Å². The maximum absolute atomic E-state index is 12.0. The molecule has 122 valence electrons. The Labute approximate surface area is 142 Å². The topological polar surface area (TPSA) is 44.4 Å². The molecule has 0 radical (unpaired) electrons. The van der Waals surface area contributed by atoms with Crippen molar-refractivity contribution in [2.24, 2.45) is 5.92 Å². The van der Waals surface area contributed by atoms with E-state index in [1.807, 2.05) is 0 Å². The average Bonchev–Trinajstić information content (AvgIpc) is 2.49. The number of halogens is 2. The molecule has 0 spiro atoms. The number of benzene rings is 1. The Morgan fingerprint density at radius 3 is 2.73 bits per heavy atom. The molecule has 0 aromatic heterocycles. The van der Waals surface area contributed by atoms with Crippen LogP contribution in [0.2, 0.25) is 10.0 Å². The highest BCUT2D eigenvalue weighted by Crippen LogP contribution is 2.25. The van der Waals surface area contributed by atoms with Crippen LogP contribution in [0.15, 0.2) is 18.2 Å². The molecule has 6 heteroatoms. The van der Waals surface area contributed by atoms with Crippen LogP contribution in [0.5, 0.6) is 0 Å². The number of hydrogen-bond donors (Lipinski definition) is 2. The maximum atomic E-state index is 12.0. The molecule has 2 amide bonds. The molecule has 1 aromatic rings. The Bertz CT molecular complexity index is 516. The van der Waals surface area contributed by atoms with Gasteiger partial charge >= 0.3 is 6.03 Å². The maximum Gasteiger partial charge on any atom is 0.319 e. The van der Waals surface area contributed by atoms with Crippen molar-refractivity contribution in [3.8, 4) is 0 Å². The molecule has 4 nitrogen and oxygen atoms in total. The molecule has 1 atom stereocenters. The monoisotopic (exact) mass is 343 g/mol. The molecule has 2 rings (SSSR count). The van der Waals surface area contributed by atoms with Crippen LogP contribution in [0.3, 0.4) is 0 Å². The summed E-state index contributed by atoms with van der Waals surface area (Å²) >= 11 is 11.9. The van der Waals surface area contributed by atoms with E-state index in [9.17, 15) is 4.79 Å². The molecule has 0 saturated carbocycles. The Morgan fingerprint density at radius 1 is 1.36 bits per heavy atom. The number of urea groups is 1. The summed E-state index contributed by atoms with van der Waals surface area (Å²) in [6.45, 7) is 7.25. The van der Waals surface area contributed by atoms with Gasteiger partial charge in [-0.25, -0.2) is 4.79 Å².